The summed E-state index contributed by atoms with van der Waals surface area (Å²) in [4.78, 5) is 25.8. The van der Waals surface area contributed by atoms with E-state index in [1.54, 1.807) is 29.2 Å². The molecule has 1 aliphatic heterocycles. The van der Waals surface area contributed by atoms with Crippen LogP contribution in [0.2, 0.25) is 0 Å². The van der Waals surface area contributed by atoms with Crippen molar-refractivity contribution in [2.75, 3.05) is 23.9 Å². The summed E-state index contributed by atoms with van der Waals surface area (Å²) >= 11 is 0. The number of carbonyl (C=O) groups is 2. The average Bonchev–Trinajstić information content (AvgIpc) is 3.01. The minimum Gasteiger partial charge on any atom is -0.496 e. The van der Waals surface area contributed by atoms with Crippen LogP contribution in [0.5, 0.6) is 5.75 Å². The summed E-state index contributed by atoms with van der Waals surface area (Å²) in [5.74, 6) is -0.565. The van der Waals surface area contributed by atoms with E-state index in [1.807, 2.05) is 0 Å². The second kappa shape index (κ2) is 6.70. The van der Waals surface area contributed by atoms with Crippen molar-refractivity contribution in [1.29, 1.82) is 0 Å². The van der Waals surface area contributed by atoms with Crippen molar-refractivity contribution in [3.05, 3.63) is 53.8 Å². The van der Waals surface area contributed by atoms with Gasteiger partial charge in [0.2, 0.25) is 5.91 Å². The maximum absolute atomic E-state index is 13.4. The van der Waals surface area contributed by atoms with Gasteiger partial charge in [0.1, 0.15) is 11.6 Å². The minimum absolute atomic E-state index is 0.108. The molecule has 2 aromatic rings. The number of hydrogen-bond donors (Lipinski definition) is 1. The van der Waals surface area contributed by atoms with Gasteiger partial charge in [-0.05, 0) is 48.9 Å². The van der Waals surface area contributed by atoms with Crippen molar-refractivity contribution < 1.29 is 18.7 Å². The van der Waals surface area contributed by atoms with Gasteiger partial charge in [-0.15, -0.1) is 0 Å². The Morgan fingerprint density at radius 2 is 1.96 bits per heavy atom. The standard InChI is InChI=1S/C18H17FN2O3/c1-24-16-9-4-12(19)11-15(16)18(23)20-13-5-7-14(8-6-13)21-10-2-3-17(21)22/h4-9,11H,2-3,10H2,1H3,(H,20,23). The van der Waals surface area contributed by atoms with E-state index in [9.17, 15) is 14.0 Å². The third kappa shape index (κ3) is 3.22. The molecule has 2 amide bonds. The molecule has 1 saturated heterocycles. The van der Waals surface area contributed by atoms with Gasteiger partial charge in [0.25, 0.3) is 5.91 Å². The highest BCUT2D eigenvalue weighted by atomic mass is 19.1. The van der Waals surface area contributed by atoms with Crippen LogP contribution in [0.15, 0.2) is 42.5 Å². The Morgan fingerprint density at radius 3 is 2.58 bits per heavy atom. The molecule has 1 heterocycles. The van der Waals surface area contributed by atoms with Gasteiger partial charge in [0, 0.05) is 24.3 Å². The highest BCUT2D eigenvalue weighted by Crippen LogP contribution is 2.24. The summed E-state index contributed by atoms with van der Waals surface area (Å²) in [6.45, 7) is 0.713. The van der Waals surface area contributed by atoms with E-state index >= 15 is 0 Å². The molecule has 0 atom stereocenters. The van der Waals surface area contributed by atoms with Gasteiger partial charge in [-0.2, -0.15) is 0 Å². The smallest absolute Gasteiger partial charge is 0.259 e. The molecule has 6 heteroatoms. The molecule has 0 spiro atoms. The predicted molar refractivity (Wildman–Crippen MR) is 88.9 cm³/mol. The third-order valence-corrected chi connectivity index (χ3v) is 3.92. The highest BCUT2D eigenvalue weighted by molar-refractivity contribution is 6.06. The van der Waals surface area contributed by atoms with Gasteiger partial charge in [-0.3, -0.25) is 9.59 Å². The van der Waals surface area contributed by atoms with Crippen LogP contribution in [0.25, 0.3) is 0 Å². The molecular weight excluding hydrogens is 311 g/mol. The fourth-order valence-corrected chi connectivity index (χ4v) is 2.70. The first-order chi connectivity index (χ1) is 11.6. The summed E-state index contributed by atoms with van der Waals surface area (Å²) < 4.78 is 18.5. The molecule has 1 N–H and O–H groups in total. The van der Waals surface area contributed by atoms with E-state index in [0.717, 1.165) is 18.2 Å². The molecule has 0 aliphatic carbocycles. The lowest BCUT2D eigenvalue weighted by Gasteiger charge is -2.16. The maximum atomic E-state index is 13.4. The van der Waals surface area contributed by atoms with Crippen LogP contribution in [0.3, 0.4) is 0 Å². The largest absolute Gasteiger partial charge is 0.496 e. The molecular formula is C18H17FN2O3. The molecule has 3 rings (SSSR count). The number of methoxy groups -OCH3 is 1. The van der Waals surface area contributed by atoms with Crippen LogP contribution in [0.4, 0.5) is 15.8 Å². The first-order valence-electron chi connectivity index (χ1n) is 7.64. The van der Waals surface area contributed by atoms with E-state index < -0.39 is 11.7 Å². The zero-order valence-corrected chi connectivity index (χ0v) is 13.2. The van der Waals surface area contributed by atoms with Crippen molar-refractivity contribution in [1.82, 2.24) is 0 Å². The predicted octanol–water partition coefficient (Wildman–Crippen LogP) is 3.21. The Hall–Kier alpha value is -2.89. The number of benzene rings is 2. The van der Waals surface area contributed by atoms with Crippen molar-refractivity contribution in [3.63, 3.8) is 0 Å². The Balaban J connectivity index is 1.75. The lowest BCUT2D eigenvalue weighted by Crippen LogP contribution is -2.23. The maximum Gasteiger partial charge on any atom is 0.259 e. The lowest BCUT2D eigenvalue weighted by atomic mass is 10.1. The van der Waals surface area contributed by atoms with Crippen molar-refractivity contribution in [3.8, 4) is 5.75 Å². The summed E-state index contributed by atoms with van der Waals surface area (Å²) in [7, 11) is 1.42. The normalized spacial score (nSPS) is 13.9. The second-order valence-electron chi connectivity index (χ2n) is 5.49. The van der Waals surface area contributed by atoms with E-state index in [1.165, 1.54) is 19.2 Å². The van der Waals surface area contributed by atoms with Gasteiger partial charge in [0.05, 0.1) is 12.7 Å². The van der Waals surface area contributed by atoms with Gasteiger partial charge < -0.3 is 15.0 Å². The average molecular weight is 328 g/mol. The first kappa shape index (κ1) is 16.0. The minimum atomic E-state index is -0.510. The summed E-state index contributed by atoms with van der Waals surface area (Å²) in [5, 5.41) is 2.70. The second-order valence-corrected chi connectivity index (χ2v) is 5.49. The molecule has 0 radical (unpaired) electrons. The molecule has 0 bridgehead atoms. The summed E-state index contributed by atoms with van der Waals surface area (Å²) in [5.41, 5.74) is 1.48. The number of ether oxygens (including phenoxy) is 1. The SMILES string of the molecule is COc1ccc(F)cc1C(=O)Nc1ccc(N2CCCC2=O)cc1. The van der Waals surface area contributed by atoms with Crippen LogP contribution < -0.4 is 15.0 Å². The number of nitrogens with one attached hydrogen (secondary N) is 1. The van der Waals surface area contributed by atoms with E-state index in [0.29, 0.717) is 24.4 Å². The Bertz CT molecular complexity index is 774. The van der Waals surface area contributed by atoms with Crippen molar-refractivity contribution in [2.24, 2.45) is 0 Å². The topological polar surface area (TPSA) is 58.6 Å². The van der Waals surface area contributed by atoms with Crippen LogP contribution in [0.1, 0.15) is 23.2 Å². The van der Waals surface area contributed by atoms with Gasteiger partial charge >= 0.3 is 0 Å². The Morgan fingerprint density at radius 1 is 1.21 bits per heavy atom. The Kier molecular flexibility index (Phi) is 4.46. The quantitative estimate of drug-likeness (QED) is 0.937. The molecule has 5 nitrogen and oxygen atoms in total. The zero-order chi connectivity index (χ0) is 17.1. The Labute approximate surface area is 139 Å². The molecule has 24 heavy (non-hydrogen) atoms. The number of carbonyl (C=O) groups excluding carboxylic acids is 2. The van der Waals surface area contributed by atoms with Gasteiger partial charge in [0.15, 0.2) is 0 Å². The van der Waals surface area contributed by atoms with Gasteiger partial charge in [-0.25, -0.2) is 4.39 Å². The fraction of sp³-hybridized carbons (Fsp3) is 0.222. The lowest BCUT2D eigenvalue weighted by molar-refractivity contribution is -0.117. The number of nitrogens with zero attached hydrogens (tertiary/aromatic N) is 1. The van der Waals surface area contributed by atoms with Crippen LogP contribution in [-0.2, 0) is 4.79 Å². The van der Waals surface area contributed by atoms with Crippen LogP contribution in [0, 0.1) is 5.82 Å². The fourth-order valence-electron chi connectivity index (χ4n) is 2.70. The van der Waals surface area contributed by atoms with E-state index in [4.69, 9.17) is 4.74 Å². The monoisotopic (exact) mass is 328 g/mol. The molecule has 1 aliphatic rings. The number of rotatable bonds is 4. The molecule has 124 valence electrons. The third-order valence-electron chi connectivity index (χ3n) is 3.92. The number of amides is 2. The molecule has 0 unspecified atom stereocenters. The summed E-state index contributed by atoms with van der Waals surface area (Å²) in [6, 6.07) is 10.8. The van der Waals surface area contributed by atoms with E-state index in [-0.39, 0.29) is 11.5 Å². The van der Waals surface area contributed by atoms with Crippen LogP contribution in [-0.4, -0.2) is 25.5 Å². The summed E-state index contributed by atoms with van der Waals surface area (Å²) in [6.07, 6.45) is 1.43. The van der Waals surface area contributed by atoms with Crippen molar-refractivity contribution >= 4 is 23.2 Å². The number of anilines is 2. The molecule has 1 fully saturated rings. The first-order valence-corrected chi connectivity index (χ1v) is 7.64. The van der Waals surface area contributed by atoms with Crippen molar-refractivity contribution in [2.45, 2.75) is 12.8 Å². The number of hydrogen-bond acceptors (Lipinski definition) is 3. The highest BCUT2D eigenvalue weighted by Gasteiger charge is 2.21. The van der Waals surface area contributed by atoms with Crippen LogP contribution >= 0.6 is 0 Å². The molecule has 2 aromatic carbocycles. The molecule has 0 saturated carbocycles. The molecule has 0 aromatic heterocycles. The zero-order valence-electron chi connectivity index (χ0n) is 13.2. The van der Waals surface area contributed by atoms with E-state index in [2.05, 4.69) is 5.32 Å². The van der Waals surface area contributed by atoms with Gasteiger partial charge in [-0.1, -0.05) is 0 Å². The number of halogens is 1.